The van der Waals surface area contributed by atoms with E-state index in [0.717, 1.165) is 49.3 Å². The van der Waals surface area contributed by atoms with Crippen molar-refractivity contribution >= 4 is 17.4 Å². The zero-order valence-electron chi connectivity index (χ0n) is 22.6. The molecule has 3 aliphatic rings. The van der Waals surface area contributed by atoms with Crippen LogP contribution in [0.25, 0.3) is 0 Å². The van der Waals surface area contributed by atoms with Crippen molar-refractivity contribution in [3.05, 3.63) is 54.0 Å². The first-order valence-electron chi connectivity index (χ1n) is 13.8. The smallest absolute Gasteiger partial charge is 0.318 e. The van der Waals surface area contributed by atoms with E-state index in [4.69, 9.17) is 14.7 Å². The third-order valence-corrected chi connectivity index (χ3v) is 8.08. The normalized spacial score (nSPS) is 21.7. The minimum atomic E-state index is -0.267. The fraction of sp³-hybridized carbons (Fsp3) is 0.517. The van der Waals surface area contributed by atoms with Crippen LogP contribution >= 0.6 is 0 Å². The Hall–Kier alpha value is -3.71. The van der Waals surface area contributed by atoms with Crippen LogP contribution in [0.1, 0.15) is 36.9 Å². The van der Waals surface area contributed by atoms with Gasteiger partial charge in [-0.15, -0.1) is 0 Å². The average molecular weight is 534 g/mol. The largest absolute Gasteiger partial charge is 0.462 e. The molecule has 2 atom stereocenters. The average Bonchev–Trinajstić information content (AvgIpc) is 3.23. The highest BCUT2D eigenvalue weighted by atomic mass is 19.1. The number of hydrogen-bond donors (Lipinski definition) is 0. The molecule has 1 unspecified atom stereocenters. The number of benzene rings is 1. The summed E-state index contributed by atoms with van der Waals surface area (Å²) in [4.78, 5) is 30.4. The van der Waals surface area contributed by atoms with Gasteiger partial charge >= 0.3 is 6.01 Å². The Morgan fingerprint density at radius 1 is 1.18 bits per heavy atom. The molecule has 10 heteroatoms. The van der Waals surface area contributed by atoms with Gasteiger partial charge in [0.25, 0.3) is 0 Å². The van der Waals surface area contributed by atoms with Crippen LogP contribution in [0.15, 0.2) is 36.9 Å². The molecule has 0 aliphatic carbocycles. The molecule has 9 nitrogen and oxygen atoms in total. The van der Waals surface area contributed by atoms with Gasteiger partial charge in [-0.1, -0.05) is 18.7 Å². The number of ether oxygens (including phenoxy) is 1. The lowest BCUT2D eigenvalue weighted by Crippen LogP contribution is -2.55. The van der Waals surface area contributed by atoms with Gasteiger partial charge in [-0.25, -0.2) is 4.39 Å². The van der Waals surface area contributed by atoms with Gasteiger partial charge in [-0.3, -0.25) is 4.79 Å². The summed E-state index contributed by atoms with van der Waals surface area (Å²) in [6.07, 6.45) is 5.32. The van der Waals surface area contributed by atoms with Gasteiger partial charge in [0.15, 0.2) is 0 Å². The molecule has 0 saturated carbocycles. The Kier molecular flexibility index (Phi) is 8.27. The number of halogens is 1. The summed E-state index contributed by atoms with van der Waals surface area (Å²) in [5.41, 5.74) is 2.42. The van der Waals surface area contributed by atoms with Crippen molar-refractivity contribution in [3.8, 4) is 12.1 Å². The molecule has 0 N–H and O–H groups in total. The SMILES string of the molecule is C=CC(=O)N1CCN(c2nc(OC[C@@H]3CCCN3C)nc3c2CCCN(c2ccccc2F)C3)CC1CC#N. The maximum absolute atomic E-state index is 14.7. The van der Waals surface area contributed by atoms with Crippen LogP contribution in [-0.4, -0.2) is 84.1 Å². The summed E-state index contributed by atoms with van der Waals surface area (Å²) in [6.45, 7) is 7.85. The van der Waals surface area contributed by atoms with E-state index in [1.807, 2.05) is 11.0 Å². The first-order chi connectivity index (χ1) is 19.0. The summed E-state index contributed by atoms with van der Waals surface area (Å²) in [5, 5.41) is 9.46. The number of nitriles is 1. The first kappa shape index (κ1) is 26.9. The Balaban J connectivity index is 1.48. The number of aromatic nitrogens is 2. The second-order valence-electron chi connectivity index (χ2n) is 10.5. The number of nitrogens with zero attached hydrogens (tertiary/aromatic N) is 7. The first-order valence-corrected chi connectivity index (χ1v) is 13.8. The maximum Gasteiger partial charge on any atom is 0.318 e. The molecule has 3 aliphatic heterocycles. The predicted octanol–water partition coefficient (Wildman–Crippen LogP) is 3.16. The molecule has 4 heterocycles. The van der Waals surface area contributed by atoms with Crippen molar-refractivity contribution in [2.75, 3.05) is 56.2 Å². The van der Waals surface area contributed by atoms with Crippen LogP contribution in [0.4, 0.5) is 15.9 Å². The number of likely N-dealkylation sites (tertiary alicyclic amines) is 1. The van der Waals surface area contributed by atoms with E-state index in [1.165, 1.54) is 12.1 Å². The third-order valence-electron chi connectivity index (χ3n) is 8.08. The molecule has 2 fully saturated rings. The standard InChI is InChI=1S/C29H36FN7O2/c1-3-27(38)37-17-16-36(18-21(37)12-13-31)28-23-9-7-15-35(26-11-5-4-10-24(26)30)19-25(23)32-29(33-28)39-20-22-8-6-14-34(22)2/h3-5,10-11,21-22H,1,6-9,12,14-20H2,2H3/t21?,22-/m0/s1. The lowest BCUT2D eigenvalue weighted by molar-refractivity contribution is -0.128. The third kappa shape index (κ3) is 5.83. The minimum absolute atomic E-state index is 0.165. The molecular weight excluding hydrogens is 497 g/mol. The number of piperazine rings is 1. The number of amides is 1. The van der Waals surface area contributed by atoms with Gasteiger partial charge in [-0.2, -0.15) is 15.2 Å². The zero-order valence-corrected chi connectivity index (χ0v) is 22.6. The lowest BCUT2D eigenvalue weighted by atomic mass is 10.1. The Morgan fingerprint density at radius 3 is 2.77 bits per heavy atom. The Morgan fingerprint density at radius 2 is 2.03 bits per heavy atom. The predicted molar refractivity (Wildman–Crippen MR) is 147 cm³/mol. The molecule has 0 radical (unpaired) electrons. The zero-order chi connectivity index (χ0) is 27.4. The molecule has 5 rings (SSSR count). The van der Waals surface area contributed by atoms with Gasteiger partial charge in [-0.05, 0) is 57.5 Å². The molecular formula is C29H36FN7O2. The number of hydrogen-bond acceptors (Lipinski definition) is 8. The van der Waals surface area contributed by atoms with Gasteiger partial charge in [0.2, 0.25) is 5.91 Å². The number of para-hydroxylation sites is 1. The van der Waals surface area contributed by atoms with Gasteiger partial charge in [0, 0.05) is 37.8 Å². The highest BCUT2D eigenvalue weighted by Gasteiger charge is 2.33. The van der Waals surface area contributed by atoms with E-state index < -0.39 is 0 Å². The molecule has 1 aromatic heterocycles. The number of anilines is 2. The molecule has 2 saturated heterocycles. The Labute approximate surface area is 229 Å². The minimum Gasteiger partial charge on any atom is -0.462 e. The summed E-state index contributed by atoms with van der Waals surface area (Å²) in [6, 6.07) is 9.44. The fourth-order valence-electron chi connectivity index (χ4n) is 5.92. The summed E-state index contributed by atoms with van der Waals surface area (Å²) in [5.74, 6) is 0.374. The Bertz CT molecular complexity index is 1250. The molecule has 1 amide bonds. The van der Waals surface area contributed by atoms with Crippen molar-refractivity contribution in [2.45, 2.75) is 50.7 Å². The molecule has 0 spiro atoms. The topological polar surface area (TPSA) is 88.8 Å². The second-order valence-corrected chi connectivity index (χ2v) is 10.5. The van der Waals surface area contributed by atoms with Gasteiger partial charge < -0.3 is 24.3 Å². The van der Waals surface area contributed by atoms with Crippen molar-refractivity contribution in [1.29, 1.82) is 5.26 Å². The highest BCUT2D eigenvalue weighted by Crippen LogP contribution is 2.32. The number of carbonyl (C=O) groups is 1. The van der Waals surface area contributed by atoms with Crippen molar-refractivity contribution in [3.63, 3.8) is 0 Å². The van der Waals surface area contributed by atoms with E-state index in [2.05, 4.69) is 29.5 Å². The van der Waals surface area contributed by atoms with Crippen LogP contribution in [0.3, 0.4) is 0 Å². The molecule has 39 heavy (non-hydrogen) atoms. The van der Waals surface area contributed by atoms with Crippen molar-refractivity contribution in [1.82, 2.24) is 19.8 Å². The number of fused-ring (bicyclic) bond motifs is 1. The fourth-order valence-corrected chi connectivity index (χ4v) is 5.92. The van der Waals surface area contributed by atoms with Crippen LogP contribution in [-0.2, 0) is 17.8 Å². The summed E-state index contributed by atoms with van der Waals surface area (Å²) < 4.78 is 20.9. The molecule has 1 aromatic carbocycles. The van der Waals surface area contributed by atoms with Crippen LogP contribution in [0.2, 0.25) is 0 Å². The number of likely N-dealkylation sites (N-methyl/N-ethyl adjacent to an activating group) is 1. The van der Waals surface area contributed by atoms with E-state index >= 15 is 0 Å². The molecule has 0 bridgehead atoms. The highest BCUT2D eigenvalue weighted by molar-refractivity contribution is 5.87. The van der Waals surface area contributed by atoms with E-state index in [9.17, 15) is 14.4 Å². The van der Waals surface area contributed by atoms with Crippen molar-refractivity contribution in [2.24, 2.45) is 0 Å². The summed E-state index contributed by atoms with van der Waals surface area (Å²) in [7, 11) is 2.11. The second kappa shape index (κ2) is 12.0. The van der Waals surface area contributed by atoms with E-state index in [0.29, 0.717) is 57.1 Å². The number of carbonyl (C=O) groups excluding carboxylic acids is 1. The van der Waals surface area contributed by atoms with Crippen LogP contribution < -0.4 is 14.5 Å². The summed E-state index contributed by atoms with van der Waals surface area (Å²) >= 11 is 0. The monoisotopic (exact) mass is 533 g/mol. The van der Waals surface area contributed by atoms with Crippen molar-refractivity contribution < 1.29 is 13.9 Å². The van der Waals surface area contributed by atoms with Crippen LogP contribution in [0, 0.1) is 17.1 Å². The lowest BCUT2D eigenvalue weighted by Gasteiger charge is -2.41. The van der Waals surface area contributed by atoms with Gasteiger partial charge in [0.05, 0.1) is 36.5 Å². The molecule has 2 aromatic rings. The van der Waals surface area contributed by atoms with Crippen LogP contribution in [0.5, 0.6) is 6.01 Å². The van der Waals surface area contributed by atoms with Gasteiger partial charge in [0.1, 0.15) is 18.2 Å². The van der Waals surface area contributed by atoms with E-state index in [-0.39, 0.29) is 24.2 Å². The quantitative estimate of drug-likeness (QED) is 0.502. The number of rotatable bonds is 7. The molecule has 206 valence electrons. The maximum atomic E-state index is 14.7. The van der Waals surface area contributed by atoms with E-state index in [1.54, 1.807) is 17.0 Å².